The van der Waals surface area contributed by atoms with Crippen LogP contribution < -0.4 is 5.32 Å². The molecule has 0 bridgehead atoms. The van der Waals surface area contributed by atoms with Crippen molar-refractivity contribution in [3.63, 3.8) is 0 Å². The van der Waals surface area contributed by atoms with Crippen molar-refractivity contribution in [1.82, 2.24) is 15.1 Å². The molecule has 0 radical (unpaired) electrons. The number of hydrogen-bond donors (Lipinski definition) is 2. The number of carbonyl (C=O) groups excluding carboxylic acids is 2. The first-order chi connectivity index (χ1) is 12.7. The SMILES string of the molecule is Cc1ccc(CC(=O)Nc2n[nH]c3c2CCN(C(=O)OC(C)(C)C)C3)cc1. The highest BCUT2D eigenvalue weighted by Gasteiger charge is 2.28. The Labute approximate surface area is 159 Å². The van der Waals surface area contributed by atoms with Gasteiger partial charge >= 0.3 is 6.09 Å². The van der Waals surface area contributed by atoms with Gasteiger partial charge in [-0.3, -0.25) is 9.89 Å². The van der Waals surface area contributed by atoms with Crippen molar-refractivity contribution in [1.29, 1.82) is 0 Å². The number of aromatic amines is 1. The van der Waals surface area contributed by atoms with E-state index in [-0.39, 0.29) is 12.0 Å². The fraction of sp³-hybridized carbons (Fsp3) is 0.450. The molecule has 7 heteroatoms. The number of aryl methyl sites for hydroxylation is 1. The number of hydrogen-bond acceptors (Lipinski definition) is 4. The zero-order valence-electron chi connectivity index (χ0n) is 16.3. The van der Waals surface area contributed by atoms with Gasteiger partial charge in [0.25, 0.3) is 0 Å². The minimum absolute atomic E-state index is 0.109. The summed E-state index contributed by atoms with van der Waals surface area (Å²) in [4.78, 5) is 26.2. The summed E-state index contributed by atoms with van der Waals surface area (Å²) >= 11 is 0. The molecule has 1 aromatic carbocycles. The van der Waals surface area contributed by atoms with Crippen LogP contribution in [0.1, 0.15) is 43.2 Å². The van der Waals surface area contributed by atoms with Gasteiger partial charge in [0.1, 0.15) is 5.60 Å². The molecule has 0 unspecified atom stereocenters. The van der Waals surface area contributed by atoms with Crippen molar-refractivity contribution in [3.8, 4) is 0 Å². The smallest absolute Gasteiger partial charge is 0.410 e. The van der Waals surface area contributed by atoms with Crippen LogP contribution in [0.4, 0.5) is 10.6 Å². The van der Waals surface area contributed by atoms with Gasteiger partial charge in [0.15, 0.2) is 5.82 Å². The molecule has 3 rings (SSSR count). The highest BCUT2D eigenvalue weighted by atomic mass is 16.6. The molecular formula is C20H26N4O3. The van der Waals surface area contributed by atoms with Gasteiger partial charge in [-0.1, -0.05) is 29.8 Å². The Morgan fingerprint density at radius 3 is 2.63 bits per heavy atom. The third kappa shape index (κ3) is 4.87. The van der Waals surface area contributed by atoms with Gasteiger partial charge in [-0.15, -0.1) is 0 Å². The zero-order valence-corrected chi connectivity index (χ0v) is 16.3. The van der Waals surface area contributed by atoms with Crippen LogP contribution in [0.15, 0.2) is 24.3 Å². The van der Waals surface area contributed by atoms with Gasteiger partial charge in [0, 0.05) is 12.1 Å². The molecule has 27 heavy (non-hydrogen) atoms. The van der Waals surface area contributed by atoms with E-state index in [2.05, 4.69) is 15.5 Å². The first kappa shape index (κ1) is 18.9. The van der Waals surface area contributed by atoms with Gasteiger partial charge in [0.05, 0.1) is 18.7 Å². The van der Waals surface area contributed by atoms with E-state index in [1.54, 1.807) is 4.90 Å². The number of nitrogens with one attached hydrogen (secondary N) is 2. The number of ether oxygens (including phenoxy) is 1. The minimum atomic E-state index is -0.527. The van der Waals surface area contributed by atoms with Gasteiger partial charge in [-0.05, 0) is 39.7 Å². The lowest BCUT2D eigenvalue weighted by atomic mass is 10.1. The summed E-state index contributed by atoms with van der Waals surface area (Å²) in [5.41, 5.74) is 3.37. The Hall–Kier alpha value is -2.83. The molecule has 144 valence electrons. The Balaban J connectivity index is 1.61. The Bertz CT molecular complexity index is 834. The Morgan fingerprint density at radius 1 is 1.26 bits per heavy atom. The van der Waals surface area contributed by atoms with Gasteiger partial charge < -0.3 is 15.0 Å². The lowest BCUT2D eigenvalue weighted by Gasteiger charge is -2.29. The molecule has 2 heterocycles. The second-order valence-corrected chi connectivity index (χ2v) is 7.89. The summed E-state index contributed by atoms with van der Waals surface area (Å²) < 4.78 is 5.42. The molecule has 7 nitrogen and oxygen atoms in total. The number of carbonyl (C=O) groups is 2. The largest absolute Gasteiger partial charge is 0.444 e. The summed E-state index contributed by atoms with van der Waals surface area (Å²) in [6.07, 6.45) is 0.574. The number of fused-ring (bicyclic) bond motifs is 1. The van der Waals surface area contributed by atoms with Gasteiger partial charge in [-0.2, -0.15) is 5.10 Å². The van der Waals surface area contributed by atoms with Crippen molar-refractivity contribution >= 4 is 17.8 Å². The normalized spacial score (nSPS) is 13.9. The molecule has 2 aromatic rings. The van der Waals surface area contributed by atoms with E-state index in [9.17, 15) is 9.59 Å². The lowest BCUT2D eigenvalue weighted by molar-refractivity contribution is -0.115. The minimum Gasteiger partial charge on any atom is -0.444 e. The molecule has 2 N–H and O–H groups in total. The van der Waals surface area contributed by atoms with Crippen LogP contribution in [0.25, 0.3) is 0 Å². The lowest BCUT2D eigenvalue weighted by Crippen LogP contribution is -2.40. The van der Waals surface area contributed by atoms with E-state index in [1.807, 2.05) is 52.0 Å². The van der Waals surface area contributed by atoms with E-state index < -0.39 is 5.60 Å². The molecule has 1 aromatic heterocycles. The van der Waals surface area contributed by atoms with E-state index >= 15 is 0 Å². The monoisotopic (exact) mass is 370 g/mol. The van der Waals surface area contributed by atoms with Crippen LogP contribution >= 0.6 is 0 Å². The second kappa shape index (κ2) is 7.42. The third-order valence-electron chi connectivity index (χ3n) is 4.33. The van der Waals surface area contributed by atoms with Gasteiger partial charge in [-0.25, -0.2) is 4.79 Å². The number of amides is 2. The van der Waals surface area contributed by atoms with Crippen molar-refractivity contribution in [3.05, 3.63) is 46.6 Å². The van der Waals surface area contributed by atoms with E-state index in [0.29, 0.717) is 31.7 Å². The topological polar surface area (TPSA) is 87.3 Å². The van der Waals surface area contributed by atoms with Crippen LogP contribution in [0.2, 0.25) is 0 Å². The van der Waals surface area contributed by atoms with E-state index in [0.717, 1.165) is 22.4 Å². The molecular weight excluding hydrogens is 344 g/mol. The average Bonchev–Trinajstić information content (AvgIpc) is 2.97. The molecule has 0 atom stereocenters. The number of H-pyrrole nitrogens is 1. The third-order valence-corrected chi connectivity index (χ3v) is 4.33. The first-order valence-electron chi connectivity index (χ1n) is 9.11. The van der Waals surface area contributed by atoms with E-state index in [1.165, 1.54) is 0 Å². The Kier molecular flexibility index (Phi) is 5.21. The van der Waals surface area contributed by atoms with Crippen LogP contribution in [-0.2, 0) is 28.9 Å². The van der Waals surface area contributed by atoms with Crippen molar-refractivity contribution < 1.29 is 14.3 Å². The van der Waals surface area contributed by atoms with Crippen molar-refractivity contribution in [2.75, 3.05) is 11.9 Å². The predicted molar refractivity (Wildman–Crippen MR) is 102 cm³/mol. The van der Waals surface area contributed by atoms with Crippen molar-refractivity contribution in [2.45, 2.75) is 52.7 Å². The fourth-order valence-corrected chi connectivity index (χ4v) is 2.97. The maximum Gasteiger partial charge on any atom is 0.410 e. The van der Waals surface area contributed by atoms with Gasteiger partial charge in [0.2, 0.25) is 5.91 Å². The molecule has 0 fully saturated rings. The summed E-state index contributed by atoms with van der Waals surface area (Å²) in [5.74, 6) is 0.439. The molecule has 0 spiro atoms. The zero-order chi connectivity index (χ0) is 19.6. The highest BCUT2D eigenvalue weighted by Crippen LogP contribution is 2.25. The first-order valence-corrected chi connectivity index (χ1v) is 9.11. The van der Waals surface area contributed by atoms with Crippen LogP contribution in [0.3, 0.4) is 0 Å². The second-order valence-electron chi connectivity index (χ2n) is 7.89. The number of anilines is 1. The molecule has 2 amide bonds. The van der Waals surface area contributed by atoms with Crippen molar-refractivity contribution in [2.24, 2.45) is 0 Å². The van der Waals surface area contributed by atoms with E-state index in [4.69, 9.17) is 4.74 Å². The fourth-order valence-electron chi connectivity index (χ4n) is 2.97. The summed E-state index contributed by atoms with van der Waals surface area (Å²) in [5, 5.41) is 10.0. The number of aromatic nitrogens is 2. The average molecular weight is 370 g/mol. The molecule has 0 saturated heterocycles. The molecule has 1 aliphatic heterocycles. The predicted octanol–water partition coefficient (Wildman–Crippen LogP) is 3.19. The Morgan fingerprint density at radius 2 is 1.96 bits per heavy atom. The van der Waals surface area contributed by atoms with Crippen LogP contribution in [-0.4, -0.2) is 39.2 Å². The molecule has 0 saturated carbocycles. The number of benzene rings is 1. The maximum atomic E-state index is 12.3. The quantitative estimate of drug-likeness (QED) is 0.869. The van der Waals surface area contributed by atoms with Crippen LogP contribution in [0.5, 0.6) is 0 Å². The standard InChI is InChI=1S/C20H26N4O3/c1-13-5-7-14(8-6-13)11-17(25)21-18-15-9-10-24(12-16(15)22-23-18)19(26)27-20(2,3)4/h5-8H,9-12H2,1-4H3,(H2,21,22,23,25). The molecule has 1 aliphatic rings. The maximum absolute atomic E-state index is 12.3. The summed E-state index contributed by atoms with van der Waals surface area (Å²) in [7, 11) is 0. The number of rotatable bonds is 3. The van der Waals surface area contributed by atoms with Crippen LogP contribution in [0, 0.1) is 6.92 Å². The number of nitrogens with zero attached hydrogens (tertiary/aromatic N) is 2. The molecule has 0 aliphatic carbocycles. The summed E-state index contributed by atoms with van der Waals surface area (Å²) in [6, 6.07) is 7.88. The highest BCUT2D eigenvalue weighted by molar-refractivity contribution is 5.92. The summed E-state index contributed by atoms with van der Waals surface area (Å²) in [6.45, 7) is 8.47.